The molecule has 0 saturated carbocycles. The number of amides is 1. The number of carbonyl (C=O) groups is 1. The van der Waals surface area contributed by atoms with Crippen LogP contribution in [0.15, 0.2) is 36.7 Å². The SMILES string of the molecule is CN(Cc1nccn1CC(F)(F)F)C(=O)Cc1ccccc1Cl. The summed E-state index contributed by atoms with van der Waals surface area (Å²) in [6, 6.07) is 6.94. The predicted octanol–water partition coefficient (Wildman–Crippen LogP) is 3.30. The Hall–Kier alpha value is -2.02. The summed E-state index contributed by atoms with van der Waals surface area (Å²) in [6.07, 6.45) is -1.73. The van der Waals surface area contributed by atoms with Gasteiger partial charge < -0.3 is 9.47 Å². The van der Waals surface area contributed by atoms with Gasteiger partial charge >= 0.3 is 6.18 Å². The predicted molar refractivity (Wildman–Crippen MR) is 79.9 cm³/mol. The average molecular weight is 346 g/mol. The minimum absolute atomic E-state index is 0.00757. The highest BCUT2D eigenvalue weighted by Crippen LogP contribution is 2.19. The summed E-state index contributed by atoms with van der Waals surface area (Å²) >= 11 is 6.00. The molecule has 1 heterocycles. The summed E-state index contributed by atoms with van der Waals surface area (Å²) in [7, 11) is 1.52. The van der Waals surface area contributed by atoms with Crippen molar-refractivity contribution >= 4 is 17.5 Å². The second kappa shape index (κ2) is 7.04. The molecule has 0 saturated heterocycles. The van der Waals surface area contributed by atoms with E-state index in [0.717, 1.165) is 4.57 Å². The summed E-state index contributed by atoms with van der Waals surface area (Å²) in [4.78, 5) is 17.4. The minimum Gasteiger partial charge on any atom is -0.338 e. The first-order valence-electron chi connectivity index (χ1n) is 6.80. The van der Waals surface area contributed by atoms with Crippen LogP contribution in [0.4, 0.5) is 13.2 Å². The first-order chi connectivity index (χ1) is 10.8. The van der Waals surface area contributed by atoms with E-state index in [2.05, 4.69) is 4.98 Å². The molecule has 4 nitrogen and oxygen atoms in total. The fraction of sp³-hybridized carbons (Fsp3) is 0.333. The van der Waals surface area contributed by atoms with Crippen LogP contribution in [0, 0.1) is 0 Å². The van der Waals surface area contributed by atoms with Gasteiger partial charge in [0, 0.05) is 24.5 Å². The maximum atomic E-state index is 12.5. The molecule has 0 bridgehead atoms. The molecule has 0 fully saturated rings. The van der Waals surface area contributed by atoms with E-state index in [1.165, 1.54) is 24.3 Å². The van der Waals surface area contributed by atoms with E-state index < -0.39 is 12.7 Å². The van der Waals surface area contributed by atoms with Crippen molar-refractivity contribution < 1.29 is 18.0 Å². The number of nitrogens with zero attached hydrogens (tertiary/aromatic N) is 3. The lowest BCUT2D eigenvalue weighted by Crippen LogP contribution is -2.30. The monoisotopic (exact) mass is 345 g/mol. The number of hydrogen-bond donors (Lipinski definition) is 0. The van der Waals surface area contributed by atoms with E-state index >= 15 is 0 Å². The van der Waals surface area contributed by atoms with Crippen LogP contribution >= 0.6 is 11.6 Å². The quantitative estimate of drug-likeness (QED) is 0.834. The normalized spacial score (nSPS) is 11.5. The summed E-state index contributed by atoms with van der Waals surface area (Å²) in [5.74, 6) is -0.0722. The Morgan fingerprint density at radius 3 is 2.70 bits per heavy atom. The lowest BCUT2D eigenvalue weighted by Gasteiger charge is -2.18. The summed E-state index contributed by atoms with van der Waals surface area (Å²) in [5.41, 5.74) is 0.671. The molecule has 2 rings (SSSR count). The molecule has 0 spiro atoms. The maximum Gasteiger partial charge on any atom is 0.406 e. The molecule has 0 aliphatic heterocycles. The number of halogens is 4. The van der Waals surface area contributed by atoms with Gasteiger partial charge in [-0.05, 0) is 11.6 Å². The number of aromatic nitrogens is 2. The zero-order valence-corrected chi connectivity index (χ0v) is 13.1. The van der Waals surface area contributed by atoms with Crippen LogP contribution in [0.25, 0.3) is 0 Å². The highest BCUT2D eigenvalue weighted by atomic mass is 35.5. The van der Waals surface area contributed by atoms with Crippen LogP contribution < -0.4 is 0 Å². The van der Waals surface area contributed by atoms with Crippen LogP contribution in [0.3, 0.4) is 0 Å². The Morgan fingerprint density at radius 1 is 1.35 bits per heavy atom. The van der Waals surface area contributed by atoms with Gasteiger partial charge in [-0.3, -0.25) is 4.79 Å². The molecular formula is C15H15ClF3N3O. The van der Waals surface area contributed by atoms with E-state index in [9.17, 15) is 18.0 Å². The van der Waals surface area contributed by atoms with Gasteiger partial charge in [0.15, 0.2) is 0 Å². The Morgan fingerprint density at radius 2 is 2.04 bits per heavy atom. The lowest BCUT2D eigenvalue weighted by molar-refractivity contribution is -0.141. The van der Waals surface area contributed by atoms with Gasteiger partial charge in [0.25, 0.3) is 0 Å². The molecular weight excluding hydrogens is 331 g/mol. The second-order valence-corrected chi connectivity index (χ2v) is 5.51. The molecule has 23 heavy (non-hydrogen) atoms. The average Bonchev–Trinajstić information content (AvgIpc) is 2.86. The van der Waals surface area contributed by atoms with Gasteiger partial charge in [0.2, 0.25) is 5.91 Å². The summed E-state index contributed by atoms with van der Waals surface area (Å²) < 4.78 is 38.4. The molecule has 0 aliphatic rings. The molecule has 0 N–H and O–H groups in total. The zero-order valence-electron chi connectivity index (χ0n) is 12.3. The standard InChI is InChI=1S/C15H15ClF3N3O/c1-21(14(23)8-11-4-2-3-5-12(11)16)9-13-20-6-7-22(13)10-15(17,18)19/h2-7H,8-10H2,1H3. The number of benzene rings is 1. The topological polar surface area (TPSA) is 38.1 Å². The minimum atomic E-state index is -4.34. The van der Waals surface area contributed by atoms with Crippen molar-refractivity contribution in [2.75, 3.05) is 7.05 Å². The van der Waals surface area contributed by atoms with E-state index in [0.29, 0.717) is 10.6 Å². The van der Waals surface area contributed by atoms with E-state index in [4.69, 9.17) is 11.6 Å². The van der Waals surface area contributed by atoms with Crippen molar-refractivity contribution in [2.24, 2.45) is 0 Å². The molecule has 1 amide bonds. The van der Waals surface area contributed by atoms with Crippen LogP contribution in [-0.4, -0.2) is 33.6 Å². The molecule has 0 atom stereocenters. The number of imidazole rings is 1. The largest absolute Gasteiger partial charge is 0.406 e. The van der Waals surface area contributed by atoms with Crippen molar-refractivity contribution in [1.82, 2.24) is 14.5 Å². The lowest BCUT2D eigenvalue weighted by atomic mass is 10.1. The second-order valence-electron chi connectivity index (χ2n) is 5.10. The van der Waals surface area contributed by atoms with Crippen LogP contribution in [0.1, 0.15) is 11.4 Å². The van der Waals surface area contributed by atoms with E-state index in [1.807, 2.05) is 0 Å². The van der Waals surface area contributed by atoms with E-state index in [1.54, 1.807) is 24.3 Å². The first-order valence-corrected chi connectivity index (χ1v) is 7.18. The zero-order chi connectivity index (χ0) is 17.0. The van der Waals surface area contributed by atoms with Crippen molar-refractivity contribution in [3.05, 3.63) is 53.1 Å². The molecule has 0 unspecified atom stereocenters. The van der Waals surface area contributed by atoms with Crippen LogP contribution in [0.2, 0.25) is 5.02 Å². The smallest absolute Gasteiger partial charge is 0.338 e. The number of rotatable bonds is 5. The van der Waals surface area contributed by atoms with Gasteiger partial charge in [0.1, 0.15) is 12.4 Å². The fourth-order valence-electron chi connectivity index (χ4n) is 2.07. The molecule has 1 aromatic carbocycles. The van der Waals surface area contributed by atoms with Gasteiger partial charge in [-0.1, -0.05) is 29.8 Å². The molecule has 1 aromatic heterocycles. The fourth-order valence-corrected chi connectivity index (χ4v) is 2.27. The van der Waals surface area contributed by atoms with Crippen molar-refractivity contribution in [1.29, 1.82) is 0 Å². The van der Waals surface area contributed by atoms with Crippen LogP contribution in [-0.2, 0) is 24.3 Å². The van der Waals surface area contributed by atoms with Crippen molar-refractivity contribution in [3.8, 4) is 0 Å². The van der Waals surface area contributed by atoms with Crippen molar-refractivity contribution in [2.45, 2.75) is 25.7 Å². The Kier molecular flexibility index (Phi) is 5.30. The maximum absolute atomic E-state index is 12.5. The third kappa shape index (κ3) is 4.99. The van der Waals surface area contributed by atoms with Gasteiger partial charge in [0.05, 0.1) is 13.0 Å². The Balaban J connectivity index is 2.02. The third-order valence-corrected chi connectivity index (χ3v) is 3.62. The number of carbonyl (C=O) groups excluding carboxylic acids is 1. The molecule has 0 radical (unpaired) electrons. The third-order valence-electron chi connectivity index (χ3n) is 3.26. The molecule has 2 aromatic rings. The Labute approximate surface area is 136 Å². The number of likely N-dealkylation sites (N-methyl/N-ethyl adjacent to an activating group) is 1. The van der Waals surface area contributed by atoms with E-state index in [-0.39, 0.29) is 24.7 Å². The summed E-state index contributed by atoms with van der Waals surface area (Å²) in [5, 5.41) is 0.479. The van der Waals surface area contributed by atoms with Gasteiger partial charge in [-0.25, -0.2) is 4.98 Å². The Bertz CT molecular complexity index is 685. The van der Waals surface area contributed by atoms with Gasteiger partial charge in [-0.2, -0.15) is 13.2 Å². The molecule has 0 aliphatic carbocycles. The highest BCUT2D eigenvalue weighted by molar-refractivity contribution is 6.31. The number of alkyl halides is 3. The highest BCUT2D eigenvalue weighted by Gasteiger charge is 2.29. The van der Waals surface area contributed by atoms with Gasteiger partial charge in [-0.15, -0.1) is 0 Å². The first kappa shape index (κ1) is 17.3. The molecule has 124 valence electrons. The molecule has 8 heteroatoms. The number of hydrogen-bond acceptors (Lipinski definition) is 2. The summed E-state index contributed by atoms with van der Waals surface area (Å²) in [6.45, 7) is -1.14. The van der Waals surface area contributed by atoms with Crippen molar-refractivity contribution in [3.63, 3.8) is 0 Å². The van der Waals surface area contributed by atoms with Crippen LogP contribution in [0.5, 0.6) is 0 Å².